The van der Waals surface area contributed by atoms with Crippen LogP contribution in [0.2, 0.25) is 0 Å². The smallest absolute Gasteiger partial charge is 0.165 e. The van der Waals surface area contributed by atoms with Crippen LogP contribution in [0.15, 0.2) is 55.2 Å². The van der Waals surface area contributed by atoms with Gasteiger partial charge in [-0.25, -0.2) is 9.97 Å². The van der Waals surface area contributed by atoms with Crippen LogP contribution in [0.25, 0.3) is 22.6 Å². The molecule has 0 saturated carbocycles. The van der Waals surface area contributed by atoms with Gasteiger partial charge in [-0.3, -0.25) is 4.57 Å². The van der Waals surface area contributed by atoms with Crippen molar-refractivity contribution in [1.82, 2.24) is 24.1 Å². The van der Waals surface area contributed by atoms with E-state index in [1.807, 2.05) is 58.7 Å². The molecule has 0 radical (unpaired) electrons. The minimum absolute atomic E-state index is 0.790. The number of hydrogen-bond donors (Lipinski definition) is 0. The maximum absolute atomic E-state index is 5.47. The highest BCUT2D eigenvalue weighted by atomic mass is 16.5. The van der Waals surface area contributed by atoms with Crippen molar-refractivity contribution in [3.8, 4) is 22.7 Å². The van der Waals surface area contributed by atoms with Gasteiger partial charge in [0.15, 0.2) is 5.65 Å². The predicted molar refractivity (Wildman–Crippen MR) is 86.8 cm³/mol. The van der Waals surface area contributed by atoms with Crippen LogP contribution in [0.3, 0.4) is 0 Å². The second-order valence-corrected chi connectivity index (χ2v) is 5.22. The summed E-state index contributed by atoms with van der Waals surface area (Å²) >= 11 is 0. The fourth-order valence-corrected chi connectivity index (χ4v) is 2.70. The van der Waals surface area contributed by atoms with Gasteiger partial charge in [0, 0.05) is 29.7 Å². The Bertz CT molecular complexity index is 972. The molecule has 1 aromatic carbocycles. The number of hydrogen-bond acceptors (Lipinski definition) is 4. The molecule has 0 amide bonds. The molecule has 0 aliphatic heterocycles. The van der Waals surface area contributed by atoms with Crippen LogP contribution >= 0.6 is 0 Å². The third-order valence-electron chi connectivity index (χ3n) is 3.75. The van der Waals surface area contributed by atoms with Crippen LogP contribution in [-0.2, 0) is 0 Å². The van der Waals surface area contributed by atoms with E-state index in [0.29, 0.717) is 0 Å². The highest BCUT2D eigenvalue weighted by Crippen LogP contribution is 2.32. The number of benzene rings is 1. The van der Waals surface area contributed by atoms with Crippen LogP contribution in [0, 0.1) is 6.92 Å². The third-order valence-corrected chi connectivity index (χ3v) is 3.75. The van der Waals surface area contributed by atoms with Crippen molar-refractivity contribution in [2.45, 2.75) is 6.92 Å². The molecule has 3 heterocycles. The molecule has 0 bridgehead atoms. The molecule has 3 aromatic heterocycles. The van der Waals surface area contributed by atoms with Gasteiger partial charge >= 0.3 is 0 Å². The number of methoxy groups -OCH3 is 1. The summed E-state index contributed by atoms with van der Waals surface area (Å²) in [6.07, 6.45) is 7.20. The van der Waals surface area contributed by atoms with E-state index in [0.717, 1.165) is 34.0 Å². The minimum Gasteiger partial charge on any atom is -0.496 e. The van der Waals surface area contributed by atoms with E-state index in [1.165, 1.54) is 0 Å². The SMILES string of the molecule is COc1ccccc1-c1cnn2c(-n3ccnc3)cc(C)nc12. The van der Waals surface area contributed by atoms with Crippen LogP contribution in [0.5, 0.6) is 5.75 Å². The number of rotatable bonds is 3. The molecule has 0 spiro atoms. The molecule has 6 nitrogen and oxygen atoms in total. The molecular weight excluding hydrogens is 290 g/mol. The van der Waals surface area contributed by atoms with Crippen LogP contribution in [-0.4, -0.2) is 31.3 Å². The highest BCUT2D eigenvalue weighted by molar-refractivity contribution is 5.81. The summed E-state index contributed by atoms with van der Waals surface area (Å²) < 4.78 is 9.20. The number of fused-ring (bicyclic) bond motifs is 1. The highest BCUT2D eigenvalue weighted by Gasteiger charge is 2.15. The molecule has 0 aliphatic rings. The van der Waals surface area contributed by atoms with Crippen molar-refractivity contribution in [3.63, 3.8) is 0 Å². The number of aryl methyl sites for hydroxylation is 1. The molecule has 114 valence electrons. The van der Waals surface area contributed by atoms with Crippen molar-refractivity contribution in [2.75, 3.05) is 7.11 Å². The van der Waals surface area contributed by atoms with Crippen LogP contribution < -0.4 is 4.74 Å². The van der Waals surface area contributed by atoms with Crippen molar-refractivity contribution in [2.24, 2.45) is 0 Å². The number of imidazole rings is 1. The van der Waals surface area contributed by atoms with Gasteiger partial charge in [0.25, 0.3) is 0 Å². The number of nitrogens with zero attached hydrogens (tertiary/aromatic N) is 5. The van der Waals surface area contributed by atoms with Gasteiger partial charge < -0.3 is 4.74 Å². The summed E-state index contributed by atoms with van der Waals surface area (Å²) in [5.41, 5.74) is 3.61. The molecule has 0 N–H and O–H groups in total. The average molecular weight is 305 g/mol. The molecule has 4 rings (SSSR count). The van der Waals surface area contributed by atoms with E-state index in [2.05, 4.69) is 15.1 Å². The Hall–Kier alpha value is -3.15. The average Bonchev–Trinajstić information content (AvgIpc) is 3.23. The lowest BCUT2D eigenvalue weighted by molar-refractivity contribution is 0.416. The second-order valence-electron chi connectivity index (χ2n) is 5.22. The molecule has 23 heavy (non-hydrogen) atoms. The van der Waals surface area contributed by atoms with Gasteiger partial charge in [0.2, 0.25) is 0 Å². The zero-order valence-corrected chi connectivity index (χ0v) is 12.8. The van der Waals surface area contributed by atoms with E-state index in [-0.39, 0.29) is 0 Å². The first-order chi connectivity index (χ1) is 11.3. The van der Waals surface area contributed by atoms with Crippen LogP contribution in [0.4, 0.5) is 0 Å². The minimum atomic E-state index is 0.790. The molecular formula is C17H15N5O. The van der Waals surface area contributed by atoms with Gasteiger partial charge in [0.1, 0.15) is 17.9 Å². The fourth-order valence-electron chi connectivity index (χ4n) is 2.70. The quantitative estimate of drug-likeness (QED) is 0.584. The first-order valence-corrected chi connectivity index (χ1v) is 7.25. The summed E-state index contributed by atoms with van der Waals surface area (Å²) in [5.74, 6) is 1.70. The van der Waals surface area contributed by atoms with E-state index < -0.39 is 0 Å². The Morgan fingerprint density at radius 2 is 2.00 bits per heavy atom. The van der Waals surface area contributed by atoms with Crippen molar-refractivity contribution in [1.29, 1.82) is 0 Å². The Morgan fingerprint density at radius 1 is 1.13 bits per heavy atom. The summed E-state index contributed by atoms with van der Waals surface area (Å²) in [4.78, 5) is 8.78. The molecule has 0 fully saturated rings. The van der Waals surface area contributed by atoms with Crippen molar-refractivity contribution >= 4 is 5.65 Å². The lowest BCUT2D eigenvalue weighted by Gasteiger charge is -2.09. The molecule has 0 unspecified atom stereocenters. The first-order valence-electron chi connectivity index (χ1n) is 7.25. The van der Waals surface area contributed by atoms with E-state index in [1.54, 1.807) is 19.6 Å². The van der Waals surface area contributed by atoms with Crippen LogP contribution in [0.1, 0.15) is 5.69 Å². The standard InChI is InChI=1S/C17H15N5O/c1-12-9-16(21-8-7-18-11-21)22-17(20-12)14(10-19-22)13-5-3-4-6-15(13)23-2/h3-11H,1-2H3. The summed E-state index contributed by atoms with van der Waals surface area (Å²) in [6.45, 7) is 1.97. The zero-order chi connectivity index (χ0) is 15.8. The largest absolute Gasteiger partial charge is 0.496 e. The normalized spacial score (nSPS) is 11.0. The molecule has 0 saturated heterocycles. The maximum atomic E-state index is 5.47. The summed E-state index contributed by atoms with van der Waals surface area (Å²) in [6, 6.07) is 9.85. The van der Waals surface area contributed by atoms with Gasteiger partial charge in [0.05, 0.1) is 18.9 Å². The second kappa shape index (κ2) is 5.24. The Labute approximate surface area is 133 Å². The predicted octanol–water partition coefficient (Wildman–Crippen LogP) is 2.90. The monoisotopic (exact) mass is 305 g/mol. The van der Waals surface area contributed by atoms with Gasteiger partial charge in [-0.1, -0.05) is 18.2 Å². The van der Waals surface area contributed by atoms with E-state index >= 15 is 0 Å². The molecule has 6 heteroatoms. The first kappa shape index (κ1) is 13.5. The topological polar surface area (TPSA) is 57.2 Å². The summed E-state index contributed by atoms with van der Waals surface area (Å²) in [5, 5.41) is 4.52. The Balaban J connectivity index is 2.01. The Kier molecular flexibility index (Phi) is 3.08. The zero-order valence-electron chi connectivity index (χ0n) is 12.8. The van der Waals surface area contributed by atoms with Gasteiger partial charge in [-0.2, -0.15) is 9.61 Å². The number of para-hydroxylation sites is 1. The third kappa shape index (κ3) is 2.15. The fraction of sp³-hybridized carbons (Fsp3) is 0.118. The molecule has 0 aliphatic carbocycles. The molecule has 0 atom stereocenters. The number of ether oxygens (including phenoxy) is 1. The van der Waals surface area contributed by atoms with Gasteiger partial charge in [-0.15, -0.1) is 0 Å². The van der Waals surface area contributed by atoms with E-state index in [9.17, 15) is 0 Å². The Morgan fingerprint density at radius 3 is 2.78 bits per heavy atom. The number of aromatic nitrogens is 5. The molecule has 4 aromatic rings. The summed E-state index contributed by atoms with van der Waals surface area (Å²) in [7, 11) is 1.67. The lowest BCUT2D eigenvalue weighted by Crippen LogP contribution is -2.04. The van der Waals surface area contributed by atoms with Gasteiger partial charge in [-0.05, 0) is 13.0 Å². The van der Waals surface area contributed by atoms with Crippen molar-refractivity contribution in [3.05, 3.63) is 60.9 Å². The lowest BCUT2D eigenvalue weighted by atomic mass is 10.1. The maximum Gasteiger partial charge on any atom is 0.165 e. The van der Waals surface area contributed by atoms with E-state index in [4.69, 9.17) is 4.74 Å². The van der Waals surface area contributed by atoms with Crippen molar-refractivity contribution < 1.29 is 4.74 Å².